The minimum absolute atomic E-state index is 0.342. The smallest absolute Gasteiger partial charge is 0.115 e. The van der Waals surface area contributed by atoms with Crippen LogP contribution in [-0.4, -0.2) is 17.7 Å². The predicted molar refractivity (Wildman–Crippen MR) is 71.2 cm³/mol. The maximum absolute atomic E-state index is 9.22. The van der Waals surface area contributed by atoms with Gasteiger partial charge in [-0.15, -0.1) is 0 Å². The molecule has 1 aromatic carbocycles. The molecule has 2 atom stereocenters. The Kier molecular flexibility index (Phi) is 3.43. The first-order valence-corrected chi connectivity index (χ1v) is 6.49. The molecule has 2 rings (SSSR count). The van der Waals surface area contributed by atoms with Gasteiger partial charge >= 0.3 is 0 Å². The summed E-state index contributed by atoms with van der Waals surface area (Å²) in [5.74, 6) is 1.19. The summed E-state index contributed by atoms with van der Waals surface area (Å²) < 4.78 is 0. The summed E-state index contributed by atoms with van der Waals surface area (Å²) >= 11 is 0. The Balaban J connectivity index is 1.74. The van der Waals surface area contributed by atoms with Crippen LogP contribution in [0.5, 0.6) is 5.75 Å². The fourth-order valence-electron chi connectivity index (χ4n) is 2.33. The molecule has 0 amide bonds. The standard InChI is InChI=1S/C15H23NO/c1-11(16-10-13-9-15(13,2)3)8-12-4-6-14(17)7-5-12/h4-7,11,13,16-17H,8-10H2,1-3H3. The van der Waals surface area contributed by atoms with Crippen molar-refractivity contribution in [3.63, 3.8) is 0 Å². The van der Waals surface area contributed by atoms with E-state index >= 15 is 0 Å². The van der Waals surface area contributed by atoms with E-state index < -0.39 is 0 Å². The van der Waals surface area contributed by atoms with E-state index in [1.165, 1.54) is 12.0 Å². The molecule has 1 aromatic rings. The molecule has 1 aliphatic carbocycles. The van der Waals surface area contributed by atoms with E-state index in [9.17, 15) is 5.11 Å². The molecule has 0 saturated heterocycles. The van der Waals surface area contributed by atoms with Gasteiger partial charge in [0.2, 0.25) is 0 Å². The maximum Gasteiger partial charge on any atom is 0.115 e. The van der Waals surface area contributed by atoms with Crippen LogP contribution in [0.15, 0.2) is 24.3 Å². The molecule has 1 fully saturated rings. The van der Waals surface area contributed by atoms with Gasteiger partial charge in [0.05, 0.1) is 0 Å². The summed E-state index contributed by atoms with van der Waals surface area (Å²) in [6, 6.07) is 8.00. The van der Waals surface area contributed by atoms with Crippen molar-refractivity contribution in [1.29, 1.82) is 0 Å². The van der Waals surface area contributed by atoms with Crippen LogP contribution in [0.4, 0.5) is 0 Å². The molecule has 17 heavy (non-hydrogen) atoms. The number of benzene rings is 1. The van der Waals surface area contributed by atoms with E-state index in [4.69, 9.17) is 0 Å². The summed E-state index contributed by atoms with van der Waals surface area (Å²) in [6.07, 6.45) is 2.37. The third-order valence-corrected chi connectivity index (χ3v) is 3.91. The topological polar surface area (TPSA) is 32.3 Å². The van der Waals surface area contributed by atoms with Gasteiger partial charge in [0.25, 0.3) is 0 Å². The van der Waals surface area contributed by atoms with Crippen molar-refractivity contribution >= 4 is 0 Å². The monoisotopic (exact) mass is 233 g/mol. The van der Waals surface area contributed by atoms with Crippen molar-refractivity contribution in [2.24, 2.45) is 11.3 Å². The quantitative estimate of drug-likeness (QED) is 0.819. The molecular formula is C15H23NO. The molecule has 0 spiro atoms. The Hall–Kier alpha value is -1.02. The Morgan fingerprint density at radius 3 is 2.47 bits per heavy atom. The second-order valence-corrected chi connectivity index (χ2v) is 6.07. The number of hydrogen-bond acceptors (Lipinski definition) is 2. The number of hydrogen-bond donors (Lipinski definition) is 2. The largest absolute Gasteiger partial charge is 0.508 e. The third kappa shape index (κ3) is 3.47. The predicted octanol–water partition coefficient (Wildman–Crippen LogP) is 2.96. The number of aromatic hydroxyl groups is 1. The van der Waals surface area contributed by atoms with Crippen LogP contribution in [0.1, 0.15) is 32.8 Å². The molecule has 0 aromatic heterocycles. The van der Waals surface area contributed by atoms with Crippen LogP contribution in [0.2, 0.25) is 0 Å². The highest BCUT2D eigenvalue weighted by atomic mass is 16.3. The van der Waals surface area contributed by atoms with Gasteiger partial charge in [-0.25, -0.2) is 0 Å². The molecule has 2 heteroatoms. The minimum Gasteiger partial charge on any atom is -0.508 e. The molecule has 2 N–H and O–H groups in total. The first-order valence-electron chi connectivity index (χ1n) is 6.49. The Bertz CT molecular complexity index is 369. The highest BCUT2D eigenvalue weighted by Crippen LogP contribution is 2.51. The fourth-order valence-corrected chi connectivity index (χ4v) is 2.33. The lowest BCUT2D eigenvalue weighted by molar-refractivity contribution is 0.470. The minimum atomic E-state index is 0.342. The molecular weight excluding hydrogens is 210 g/mol. The number of phenolic OH excluding ortho intramolecular Hbond substituents is 1. The summed E-state index contributed by atoms with van der Waals surface area (Å²) in [6.45, 7) is 8.03. The zero-order valence-corrected chi connectivity index (χ0v) is 11.0. The van der Waals surface area contributed by atoms with Gasteiger partial charge in [0, 0.05) is 6.04 Å². The number of phenols is 1. The van der Waals surface area contributed by atoms with Crippen LogP contribution < -0.4 is 5.32 Å². The van der Waals surface area contributed by atoms with E-state index in [0.29, 0.717) is 17.2 Å². The Morgan fingerprint density at radius 2 is 1.94 bits per heavy atom. The van der Waals surface area contributed by atoms with E-state index in [-0.39, 0.29) is 0 Å². The Morgan fingerprint density at radius 1 is 1.35 bits per heavy atom. The average Bonchev–Trinajstić information content (AvgIpc) is 2.87. The highest BCUT2D eigenvalue weighted by molar-refractivity contribution is 5.26. The first-order chi connectivity index (χ1) is 7.97. The summed E-state index contributed by atoms with van der Waals surface area (Å²) in [7, 11) is 0. The van der Waals surface area contributed by atoms with Crippen molar-refractivity contribution in [2.45, 2.75) is 39.7 Å². The van der Waals surface area contributed by atoms with Crippen LogP contribution in [0.25, 0.3) is 0 Å². The average molecular weight is 233 g/mol. The van der Waals surface area contributed by atoms with Gasteiger partial charge in [-0.1, -0.05) is 26.0 Å². The highest BCUT2D eigenvalue weighted by Gasteiger charge is 2.44. The molecule has 2 nitrogen and oxygen atoms in total. The zero-order chi connectivity index (χ0) is 12.5. The zero-order valence-electron chi connectivity index (χ0n) is 11.0. The Labute approximate surface area is 104 Å². The normalized spacial score (nSPS) is 23.4. The number of rotatable bonds is 5. The van der Waals surface area contributed by atoms with E-state index in [1.54, 1.807) is 12.1 Å². The van der Waals surface area contributed by atoms with E-state index in [1.807, 2.05) is 12.1 Å². The van der Waals surface area contributed by atoms with Crippen LogP contribution >= 0.6 is 0 Å². The van der Waals surface area contributed by atoms with Gasteiger partial charge in [-0.3, -0.25) is 0 Å². The molecule has 94 valence electrons. The molecule has 2 unspecified atom stereocenters. The SMILES string of the molecule is CC(Cc1ccc(O)cc1)NCC1CC1(C)C. The van der Waals surface area contributed by atoms with Crippen molar-refractivity contribution in [3.05, 3.63) is 29.8 Å². The lowest BCUT2D eigenvalue weighted by Crippen LogP contribution is -2.30. The molecule has 1 saturated carbocycles. The lowest BCUT2D eigenvalue weighted by Gasteiger charge is -2.14. The molecule has 0 radical (unpaired) electrons. The fraction of sp³-hybridized carbons (Fsp3) is 0.600. The molecule has 0 aliphatic heterocycles. The molecule has 0 heterocycles. The van der Waals surface area contributed by atoms with E-state index in [0.717, 1.165) is 18.9 Å². The van der Waals surface area contributed by atoms with Crippen molar-refractivity contribution in [1.82, 2.24) is 5.32 Å². The summed E-state index contributed by atoms with van der Waals surface area (Å²) in [5.41, 5.74) is 1.84. The molecule has 1 aliphatic rings. The lowest BCUT2D eigenvalue weighted by atomic mass is 10.1. The van der Waals surface area contributed by atoms with Crippen molar-refractivity contribution in [3.8, 4) is 5.75 Å². The van der Waals surface area contributed by atoms with E-state index in [2.05, 4.69) is 26.1 Å². The molecule has 0 bridgehead atoms. The van der Waals surface area contributed by atoms with Crippen LogP contribution in [0.3, 0.4) is 0 Å². The number of nitrogens with one attached hydrogen (secondary N) is 1. The van der Waals surface area contributed by atoms with Gasteiger partial charge in [0.1, 0.15) is 5.75 Å². The van der Waals surface area contributed by atoms with Gasteiger partial charge in [0.15, 0.2) is 0 Å². The summed E-state index contributed by atoms with van der Waals surface area (Å²) in [4.78, 5) is 0. The second kappa shape index (κ2) is 4.69. The maximum atomic E-state index is 9.22. The van der Waals surface area contributed by atoms with Gasteiger partial charge in [-0.2, -0.15) is 0 Å². The van der Waals surface area contributed by atoms with Crippen molar-refractivity contribution < 1.29 is 5.11 Å². The summed E-state index contributed by atoms with van der Waals surface area (Å²) in [5, 5.41) is 12.8. The van der Waals surface area contributed by atoms with Gasteiger partial charge < -0.3 is 10.4 Å². The van der Waals surface area contributed by atoms with Gasteiger partial charge in [-0.05, 0) is 55.3 Å². The van der Waals surface area contributed by atoms with Crippen LogP contribution in [0, 0.1) is 11.3 Å². The second-order valence-electron chi connectivity index (χ2n) is 6.07. The van der Waals surface area contributed by atoms with Crippen LogP contribution in [-0.2, 0) is 6.42 Å². The van der Waals surface area contributed by atoms with Crippen molar-refractivity contribution in [2.75, 3.05) is 6.54 Å². The first kappa shape index (κ1) is 12.4. The third-order valence-electron chi connectivity index (χ3n) is 3.91.